The Morgan fingerprint density at radius 2 is 2.37 bits per heavy atom. The molecule has 1 aliphatic carbocycles. The molecule has 1 fully saturated rings. The number of rotatable bonds is 4. The first-order chi connectivity index (χ1) is 9.06. The highest BCUT2D eigenvalue weighted by molar-refractivity contribution is 9.10. The second-order valence-corrected chi connectivity index (χ2v) is 5.59. The maximum atomic E-state index is 10.8. The summed E-state index contributed by atoms with van der Waals surface area (Å²) in [6, 6.07) is -0.411. The van der Waals surface area contributed by atoms with E-state index >= 15 is 0 Å². The molecular formula is C11H16BrN5O2. The van der Waals surface area contributed by atoms with Gasteiger partial charge in [0.15, 0.2) is 11.6 Å². The predicted molar refractivity (Wildman–Crippen MR) is 75.4 cm³/mol. The summed E-state index contributed by atoms with van der Waals surface area (Å²) in [7, 11) is 0. The van der Waals surface area contributed by atoms with Crippen LogP contribution >= 0.6 is 15.9 Å². The average Bonchev–Trinajstić information content (AvgIpc) is 2.40. The molecule has 0 radical (unpaired) electrons. The van der Waals surface area contributed by atoms with Crippen LogP contribution in [0.5, 0.6) is 0 Å². The van der Waals surface area contributed by atoms with Crippen molar-refractivity contribution in [2.75, 3.05) is 17.6 Å². The number of hydrogen-bond acceptors (Lipinski definition) is 6. The summed E-state index contributed by atoms with van der Waals surface area (Å²) < 4.78 is 0.607. The van der Waals surface area contributed by atoms with Gasteiger partial charge in [-0.25, -0.2) is 9.97 Å². The summed E-state index contributed by atoms with van der Waals surface area (Å²) >= 11 is 3.23. The van der Waals surface area contributed by atoms with Crippen molar-refractivity contribution in [2.24, 2.45) is 5.92 Å². The van der Waals surface area contributed by atoms with Crippen LogP contribution in [0.4, 0.5) is 11.6 Å². The monoisotopic (exact) mass is 329 g/mol. The Balaban J connectivity index is 1.91. The van der Waals surface area contributed by atoms with Crippen molar-refractivity contribution in [3.05, 3.63) is 20.9 Å². The molecule has 104 valence electrons. The molecular weight excluding hydrogens is 314 g/mol. The standard InChI is InChI=1S/C11H16BrN5O2/c12-9-6-14-10(13)11(16-9)15-5-7-2-1-3-8(4-7)17(18)19/h6-8H,1-5H2,(H2,13,14)(H,15,16)/t7?,8-/m1/s1. The third kappa shape index (κ3) is 3.76. The van der Waals surface area contributed by atoms with E-state index in [0.717, 1.165) is 12.8 Å². The number of nitrogens with zero attached hydrogens (tertiary/aromatic N) is 3. The van der Waals surface area contributed by atoms with Crippen molar-refractivity contribution in [2.45, 2.75) is 31.7 Å². The van der Waals surface area contributed by atoms with Gasteiger partial charge in [-0.15, -0.1) is 0 Å². The first kappa shape index (κ1) is 14.0. The van der Waals surface area contributed by atoms with Gasteiger partial charge < -0.3 is 11.1 Å². The van der Waals surface area contributed by atoms with Crippen LogP contribution in [0.1, 0.15) is 25.7 Å². The van der Waals surface area contributed by atoms with Gasteiger partial charge in [-0.3, -0.25) is 10.1 Å². The molecule has 2 atom stereocenters. The third-order valence-electron chi connectivity index (χ3n) is 3.38. The number of halogens is 1. The largest absolute Gasteiger partial charge is 0.381 e. The fourth-order valence-electron chi connectivity index (χ4n) is 2.39. The molecule has 19 heavy (non-hydrogen) atoms. The zero-order chi connectivity index (χ0) is 13.8. The first-order valence-electron chi connectivity index (χ1n) is 6.21. The second kappa shape index (κ2) is 6.14. The molecule has 0 aliphatic heterocycles. The number of nitrogens with two attached hydrogens (primary N) is 1. The summed E-state index contributed by atoms with van der Waals surface area (Å²) in [6.45, 7) is 0.639. The van der Waals surface area contributed by atoms with Gasteiger partial charge >= 0.3 is 0 Å². The molecule has 1 heterocycles. The van der Waals surface area contributed by atoms with Crippen molar-refractivity contribution in [1.82, 2.24) is 9.97 Å². The Morgan fingerprint density at radius 3 is 3.11 bits per heavy atom. The normalized spacial score (nSPS) is 23.0. The number of nitrogen functional groups attached to an aromatic ring is 1. The van der Waals surface area contributed by atoms with E-state index in [2.05, 4.69) is 31.2 Å². The lowest BCUT2D eigenvalue weighted by Crippen LogP contribution is -2.30. The van der Waals surface area contributed by atoms with Crippen LogP contribution in [0.2, 0.25) is 0 Å². The Morgan fingerprint density at radius 1 is 1.58 bits per heavy atom. The minimum Gasteiger partial charge on any atom is -0.381 e. The lowest BCUT2D eigenvalue weighted by molar-refractivity contribution is -0.527. The maximum Gasteiger partial charge on any atom is 0.213 e. The highest BCUT2D eigenvalue weighted by atomic mass is 79.9. The fourth-order valence-corrected chi connectivity index (χ4v) is 2.67. The smallest absolute Gasteiger partial charge is 0.213 e. The third-order valence-corrected chi connectivity index (χ3v) is 3.76. The number of hydrogen-bond donors (Lipinski definition) is 2. The molecule has 7 nitrogen and oxygen atoms in total. The zero-order valence-corrected chi connectivity index (χ0v) is 12.0. The van der Waals surface area contributed by atoms with E-state index in [1.54, 1.807) is 0 Å². The van der Waals surface area contributed by atoms with Gasteiger partial charge in [-0.1, -0.05) is 0 Å². The van der Waals surface area contributed by atoms with E-state index in [4.69, 9.17) is 5.73 Å². The van der Waals surface area contributed by atoms with Crippen LogP contribution in [0.3, 0.4) is 0 Å². The lowest BCUT2D eigenvalue weighted by Gasteiger charge is -2.24. The number of nitro groups is 1. The number of nitrogens with one attached hydrogen (secondary N) is 1. The SMILES string of the molecule is Nc1ncc(Br)nc1NCC1CCC[C@@H]([N+](=O)[O-])C1. The lowest BCUT2D eigenvalue weighted by atomic mass is 9.86. The minimum absolute atomic E-state index is 0.167. The average molecular weight is 330 g/mol. The highest BCUT2D eigenvalue weighted by Gasteiger charge is 2.29. The van der Waals surface area contributed by atoms with Gasteiger partial charge in [0.2, 0.25) is 6.04 Å². The molecule has 1 aromatic rings. The van der Waals surface area contributed by atoms with Crippen LogP contribution in [0, 0.1) is 16.0 Å². The van der Waals surface area contributed by atoms with E-state index in [-0.39, 0.29) is 10.8 Å². The predicted octanol–water partition coefficient (Wildman–Crippen LogP) is 2.07. The van der Waals surface area contributed by atoms with Crippen LogP contribution in [-0.4, -0.2) is 27.5 Å². The van der Waals surface area contributed by atoms with Gasteiger partial charge in [0.05, 0.1) is 6.20 Å². The van der Waals surface area contributed by atoms with E-state index in [1.165, 1.54) is 6.20 Å². The molecule has 0 saturated heterocycles. The molecule has 8 heteroatoms. The van der Waals surface area contributed by atoms with Crippen molar-refractivity contribution >= 4 is 27.6 Å². The molecule has 2 rings (SSSR count). The Bertz CT molecular complexity index is 470. The Hall–Kier alpha value is -1.44. The van der Waals surface area contributed by atoms with E-state index in [0.29, 0.717) is 35.6 Å². The van der Waals surface area contributed by atoms with Gasteiger partial charge in [0.1, 0.15) is 4.60 Å². The molecule has 1 aliphatic rings. The Labute approximate surface area is 119 Å². The van der Waals surface area contributed by atoms with Gasteiger partial charge in [-0.2, -0.15) is 0 Å². The number of aromatic nitrogens is 2. The molecule has 0 amide bonds. The topological polar surface area (TPSA) is 107 Å². The molecule has 1 aromatic heterocycles. The maximum absolute atomic E-state index is 10.8. The van der Waals surface area contributed by atoms with Crippen molar-refractivity contribution < 1.29 is 4.92 Å². The fraction of sp³-hybridized carbons (Fsp3) is 0.636. The summed E-state index contributed by atoms with van der Waals surface area (Å²) in [5, 5.41) is 13.9. The van der Waals surface area contributed by atoms with Crippen LogP contribution in [-0.2, 0) is 0 Å². The van der Waals surface area contributed by atoms with Crippen molar-refractivity contribution in [1.29, 1.82) is 0 Å². The first-order valence-corrected chi connectivity index (χ1v) is 7.01. The van der Waals surface area contributed by atoms with Crippen molar-refractivity contribution in [3.8, 4) is 0 Å². The minimum atomic E-state index is -0.411. The van der Waals surface area contributed by atoms with Crippen LogP contribution in [0.15, 0.2) is 10.8 Å². The van der Waals surface area contributed by atoms with Crippen LogP contribution in [0.25, 0.3) is 0 Å². The molecule has 0 spiro atoms. The van der Waals surface area contributed by atoms with Crippen molar-refractivity contribution in [3.63, 3.8) is 0 Å². The summed E-state index contributed by atoms with van der Waals surface area (Å²) in [4.78, 5) is 18.8. The molecule has 0 aromatic carbocycles. The van der Waals surface area contributed by atoms with Gasteiger partial charge in [0, 0.05) is 24.3 Å². The molecule has 3 N–H and O–H groups in total. The van der Waals surface area contributed by atoms with E-state index < -0.39 is 6.04 Å². The van der Waals surface area contributed by atoms with Crippen LogP contribution < -0.4 is 11.1 Å². The number of anilines is 2. The van der Waals surface area contributed by atoms with Gasteiger partial charge in [-0.05, 0) is 34.7 Å². The summed E-state index contributed by atoms with van der Waals surface area (Å²) in [5.41, 5.74) is 5.72. The zero-order valence-electron chi connectivity index (χ0n) is 10.4. The Kier molecular flexibility index (Phi) is 4.52. The quantitative estimate of drug-likeness (QED) is 0.646. The molecule has 1 saturated carbocycles. The van der Waals surface area contributed by atoms with Gasteiger partial charge in [0.25, 0.3) is 0 Å². The van der Waals surface area contributed by atoms with E-state index in [9.17, 15) is 10.1 Å². The second-order valence-electron chi connectivity index (χ2n) is 4.78. The summed E-state index contributed by atoms with van der Waals surface area (Å²) in [6.07, 6.45) is 4.73. The summed E-state index contributed by atoms with van der Waals surface area (Å²) in [5.74, 6) is 1.15. The van der Waals surface area contributed by atoms with E-state index in [1.807, 2.05) is 0 Å². The molecule has 0 bridgehead atoms. The highest BCUT2D eigenvalue weighted by Crippen LogP contribution is 2.26. The molecule has 1 unspecified atom stereocenters.